The van der Waals surface area contributed by atoms with Gasteiger partial charge in [0.25, 0.3) is 5.89 Å². The van der Waals surface area contributed by atoms with E-state index in [0.717, 1.165) is 11.1 Å². The van der Waals surface area contributed by atoms with Crippen LogP contribution in [-0.2, 0) is 16.1 Å². The first-order chi connectivity index (χ1) is 13.5. The number of esters is 1. The molecule has 1 saturated carbocycles. The lowest BCUT2D eigenvalue weighted by atomic mass is 10.2. The Labute approximate surface area is 167 Å². The molecule has 0 N–H and O–H groups in total. The maximum absolute atomic E-state index is 12.0. The fourth-order valence-electron chi connectivity index (χ4n) is 3.23. The molecule has 7 heteroatoms. The molecule has 2 heterocycles. The standard InChI is InChI=1S/C21H20ClN3O3/c1-13-11-16(14(2)25(13)18-8-9-18)5-10-20(26)27-12-19-23-21(24-28-19)15-3-6-17(22)7-4-15/h3-7,10-11,18H,8-9,12H2,1-2H3/b10-5+. The molecule has 0 aliphatic heterocycles. The molecule has 0 unspecified atom stereocenters. The van der Waals surface area contributed by atoms with Crippen molar-refractivity contribution in [2.75, 3.05) is 0 Å². The maximum Gasteiger partial charge on any atom is 0.331 e. The molecule has 1 fully saturated rings. The molecule has 0 bridgehead atoms. The molecule has 2 aromatic heterocycles. The van der Waals surface area contributed by atoms with Crippen molar-refractivity contribution in [2.24, 2.45) is 0 Å². The number of hydrogen-bond donors (Lipinski definition) is 0. The van der Waals surface area contributed by atoms with E-state index in [1.807, 2.05) is 0 Å². The highest BCUT2D eigenvalue weighted by Crippen LogP contribution is 2.38. The molecule has 0 saturated heterocycles. The summed E-state index contributed by atoms with van der Waals surface area (Å²) >= 11 is 5.87. The molecule has 0 amide bonds. The van der Waals surface area contributed by atoms with Gasteiger partial charge in [-0.3, -0.25) is 0 Å². The second-order valence-corrected chi connectivity index (χ2v) is 7.32. The molecule has 0 spiro atoms. The van der Waals surface area contributed by atoms with Crippen LogP contribution in [0, 0.1) is 13.8 Å². The van der Waals surface area contributed by atoms with Crippen LogP contribution in [0.3, 0.4) is 0 Å². The summed E-state index contributed by atoms with van der Waals surface area (Å²) in [6.45, 7) is 4.09. The van der Waals surface area contributed by atoms with Crippen molar-refractivity contribution >= 4 is 23.6 Å². The lowest BCUT2D eigenvalue weighted by Gasteiger charge is -2.06. The van der Waals surface area contributed by atoms with E-state index in [9.17, 15) is 4.79 Å². The third-order valence-electron chi connectivity index (χ3n) is 4.74. The van der Waals surface area contributed by atoms with Crippen LogP contribution in [0.15, 0.2) is 40.9 Å². The normalized spacial score (nSPS) is 14.0. The molecule has 28 heavy (non-hydrogen) atoms. The summed E-state index contributed by atoms with van der Waals surface area (Å²) in [5.74, 6) is 0.201. The van der Waals surface area contributed by atoms with Crippen LogP contribution in [0.5, 0.6) is 0 Å². The van der Waals surface area contributed by atoms with E-state index < -0.39 is 5.97 Å². The van der Waals surface area contributed by atoms with E-state index in [4.69, 9.17) is 20.9 Å². The second kappa shape index (κ2) is 7.64. The Kier molecular flexibility index (Phi) is 5.05. The molecule has 6 nitrogen and oxygen atoms in total. The van der Waals surface area contributed by atoms with Crippen molar-refractivity contribution in [3.05, 3.63) is 64.3 Å². The fraction of sp³-hybridized carbons (Fsp3) is 0.286. The fourth-order valence-corrected chi connectivity index (χ4v) is 3.36. The average molecular weight is 398 g/mol. The summed E-state index contributed by atoms with van der Waals surface area (Å²) in [4.78, 5) is 16.3. The number of rotatable bonds is 6. The van der Waals surface area contributed by atoms with Crippen molar-refractivity contribution in [1.82, 2.24) is 14.7 Å². The number of hydrogen-bond acceptors (Lipinski definition) is 5. The van der Waals surface area contributed by atoms with Gasteiger partial charge in [0.2, 0.25) is 5.82 Å². The van der Waals surface area contributed by atoms with Crippen molar-refractivity contribution < 1.29 is 14.1 Å². The third kappa shape index (κ3) is 4.02. The number of ether oxygens (including phenoxy) is 1. The van der Waals surface area contributed by atoms with Crippen LogP contribution in [0.2, 0.25) is 5.02 Å². The second-order valence-electron chi connectivity index (χ2n) is 6.89. The van der Waals surface area contributed by atoms with E-state index >= 15 is 0 Å². The molecule has 1 aromatic carbocycles. The van der Waals surface area contributed by atoms with E-state index in [1.165, 1.54) is 30.3 Å². The minimum absolute atomic E-state index is 0.0785. The van der Waals surface area contributed by atoms with Crippen LogP contribution in [-0.4, -0.2) is 20.7 Å². The quantitative estimate of drug-likeness (QED) is 0.437. The number of carbonyl (C=O) groups excluding carboxylic acids is 1. The monoisotopic (exact) mass is 397 g/mol. The molecule has 3 aromatic rings. The van der Waals surface area contributed by atoms with Crippen molar-refractivity contribution in [3.8, 4) is 11.4 Å². The summed E-state index contributed by atoms with van der Waals surface area (Å²) in [5, 5.41) is 4.52. The van der Waals surface area contributed by atoms with Crippen LogP contribution in [0.25, 0.3) is 17.5 Å². The van der Waals surface area contributed by atoms with Gasteiger partial charge in [0, 0.05) is 34.1 Å². The Morgan fingerprint density at radius 2 is 2.07 bits per heavy atom. The van der Waals surface area contributed by atoms with E-state index in [1.54, 1.807) is 30.3 Å². The number of nitrogens with zero attached hydrogens (tertiary/aromatic N) is 3. The number of benzene rings is 1. The minimum Gasteiger partial charge on any atom is -0.452 e. The SMILES string of the molecule is Cc1cc(/C=C/C(=O)OCc2nc(-c3ccc(Cl)cc3)no2)c(C)n1C1CC1. The Balaban J connectivity index is 1.35. The van der Waals surface area contributed by atoms with Crippen LogP contribution in [0.1, 0.15) is 41.7 Å². The lowest BCUT2D eigenvalue weighted by Crippen LogP contribution is -2.01. The number of carbonyl (C=O) groups is 1. The van der Waals surface area contributed by atoms with Crippen LogP contribution < -0.4 is 0 Å². The van der Waals surface area contributed by atoms with Gasteiger partial charge >= 0.3 is 5.97 Å². The van der Waals surface area contributed by atoms with E-state index in [2.05, 4.69) is 34.6 Å². The molecular formula is C21H20ClN3O3. The largest absolute Gasteiger partial charge is 0.452 e. The van der Waals surface area contributed by atoms with E-state index in [0.29, 0.717) is 16.9 Å². The molecule has 1 aliphatic rings. The van der Waals surface area contributed by atoms with Gasteiger partial charge in [-0.15, -0.1) is 0 Å². The summed E-state index contributed by atoms with van der Waals surface area (Å²) in [7, 11) is 0. The molecule has 0 radical (unpaired) electrons. The molecule has 4 rings (SSSR count). The zero-order valence-corrected chi connectivity index (χ0v) is 16.4. The molecule has 144 valence electrons. The Morgan fingerprint density at radius 1 is 1.32 bits per heavy atom. The topological polar surface area (TPSA) is 70.2 Å². The van der Waals surface area contributed by atoms with Crippen molar-refractivity contribution in [1.29, 1.82) is 0 Å². The van der Waals surface area contributed by atoms with Gasteiger partial charge < -0.3 is 13.8 Å². The Hall–Kier alpha value is -2.86. The van der Waals surface area contributed by atoms with Gasteiger partial charge in [-0.05, 0) is 68.7 Å². The maximum atomic E-state index is 12.0. The predicted molar refractivity (Wildman–Crippen MR) is 106 cm³/mol. The highest BCUT2D eigenvalue weighted by molar-refractivity contribution is 6.30. The predicted octanol–water partition coefficient (Wildman–Crippen LogP) is 4.90. The lowest BCUT2D eigenvalue weighted by molar-refractivity contribution is -0.139. The highest BCUT2D eigenvalue weighted by atomic mass is 35.5. The van der Waals surface area contributed by atoms with E-state index in [-0.39, 0.29) is 12.5 Å². The van der Waals surface area contributed by atoms with Gasteiger partial charge in [0.15, 0.2) is 6.61 Å². The zero-order chi connectivity index (χ0) is 19.7. The van der Waals surface area contributed by atoms with Gasteiger partial charge in [-0.2, -0.15) is 4.98 Å². The minimum atomic E-state index is -0.456. The van der Waals surface area contributed by atoms with Crippen molar-refractivity contribution in [2.45, 2.75) is 39.3 Å². The van der Waals surface area contributed by atoms with Gasteiger partial charge in [-0.25, -0.2) is 4.79 Å². The summed E-state index contributed by atoms with van der Waals surface area (Å²) in [6, 6.07) is 9.79. The summed E-state index contributed by atoms with van der Waals surface area (Å²) < 4.78 is 12.7. The van der Waals surface area contributed by atoms with Crippen LogP contribution >= 0.6 is 11.6 Å². The van der Waals surface area contributed by atoms with Gasteiger partial charge in [-0.1, -0.05) is 16.8 Å². The molecule has 1 aliphatic carbocycles. The molecule has 0 atom stereocenters. The zero-order valence-electron chi connectivity index (χ0n) is 15.7. The number of aryl methyl sites for hydroxylation is 1. The first-order valence-electron chi connectivity index (χ1n) is 9.13. The summed E-state index contributed by atoms with van der Waals surface area (Å²) in [6.07, 6.45) is 5.67. The average Bonchev–Trinajstić information content (AvgIpc) is 3.32. The smallest absolute Gasteiger partial charge is 0.331 e. The van der Waals surface area contributed by atoms with Gasteiger partial charge in [0.05, 0.1) is 0 Å². The third-order valence-corrected chi connectivity index (χ3v) is 4.99. The Morgan fingerprint density at radius 3 is 2.79 bits per heavy atom. The van der Waals surface area contributed by atoms with Crippen molar-refractivity contribution in [3.63, 3.8) is 0 Å². The summed E-state index contributed by atoms with van der Waals surface area (Å²) in [5.41, 5.74) is 4.20. The first-order valence-corrected chi connectivity index (χ1v) is 9.51. The Bertz CT molecular complexity index is 1030. The number of halogens is 1. The number of aromatic nitrogens is 3. The van der Waals surface area contributed by atoms with Crippen LogP contribution in [0.4, 0.5) is 0 Å². The molecular weight excluding hydrogens is 378 g/mol. The highest BCUT2D eigenvalue weighted by Gasteiger charge is 2.26. The first kappa shape index (κ1) is 18.5. The van der Waals surface area contributed by atoms with Gasteiger partial charge in [0.1, 0.15) is 0 Å².